The minimum atomic E-state index is -0.958. The Balaban J connectivity index is 1.45. The van der Waals surface area contributed by atoms with Crippen LogP contribution in [0, 0.1) is 11.7 Å². The fraction of sp³-hybridized carbons (Fsp3) is 0.412. The number of aliphatic carboxylic acids is 1. The molecule has 2 aliphatic rings. The van der Waals surface area contributed by atoms with Crippen LogP contribution in [0.4, 0.5) is 10.1 Å². The first-order valence-electron chi connectivity index (χ1n) is 15.0. The number of likely N-dealkylation sites (tertiary alicyclic amines) is 1. The lowest BCUT2D eigenvalue weighted by atomic mass is 9.82. The van der Waals surface area contributed by atoms with Crippen molar-refractivity contribution in [2.45, 2.75) is 45.1 Å². The summed E-state index contributed by atoms with van der Waals surface area (Å²) in [5.41, 5.74) is 3.62. The Morgan fingerprint density at radius 1 is 0.977 bits per heavy atom. The van der Waals surface area contributed by atoms with E-state index in [2.05, 4.69) is 5.32 Å². The highest BCUT2D eigenvalue weighted by Crippen LogP contribution is 2.47. The lowest BCUT2D eigenvalue weighted by molar-refractivity contribution is -0.143. The summed E-state index contributed by atoms with van der Waals surface area (Å²) in [6.07, 6.45) is 1.86. The average molecular weight is 607 g/mol. The smallest absolute Gasteiger partial charge is 0.309 e. The van der Waals surface area contributed by atoms with Gasteiger partial charge in [0.05, 0.1) is 19.1 Å². The Morgan fingerprint density at radius 2 is 1.66 bits per heavy atom. The number of methoxy groups -OCH3 is 1. The number of carbonyl (C=O) groups excluding carboxylic acids is 1. The third-order valence-electron chi connectivity index (χ3n) is 8.33. The molecule has 234 valence electrons. The van der Waals surface area contributed by atoms with E-state index in [9.17, 15) is 19.1 Å². The second-order valence-corrected chi connectivity index (χ2v) is 11.1. The van der Waals surface area contributed by atoms with Gasteiger partial charge in [0, 0.05) is 44.3 Å². The Morgan fingerprint density at radius 3 is 2.32 bits per heavy atom. The van der Waals surface area contributed by atoms with Gasteiger partial charge in [-0.1, -0.05) is 32.0 Å². The molecule has 1 unspecified atom stereocenters. The number of carboxylic acid groups (broad SMARTS) is 1. The summed E-state index contributed by atoms with van der Waals surface area (Å²) in [7, 11) is 1.64. The molecule has 0 aromatic heterocycles. The van der Waals surface area contributed by atoms with Gasteiger partial charge in [0.1, 0.15) is 11.6 Å². The molecule has 2 aliphatic heterocycles. The van der Waals surface area contributed by atoms with E-state index in [4.69, 9.17) is 18.9 Å². The minimum absolute atomic E-state index is 0.0472. The van der Waals surface area contributed by atoms with Crippen molar-refractivity contribution in [1.29, 1.82) is 0 Å². The number of hydrogen-bond donors (Lipinski definition) is 2. The van der Waals surface area contributed by atoms with Crippen molar-refractivity contribution in [2.24, 2.45) is 5.92 Å². The number of carboxylic acids is 1. The van der Waals surface area contributed by atoms with Crippen LogP contribution in [0.1, 0.15) is 54.5 Å². The average Bonchev–Trinajstić information content (AvgIpc) is 3.64. The van der Waals surface area contributed by atoms with Crippen molar-refractivity contribution < 1.29 is 38.0 Å². The number of amides is 1. The van der Waals surface area contributed by atoms with Gasteiger partial charge in [0.15, 0.2) is 11.5 Å². The second kappa shape index (κ2) is 14.1. The molecular formula is C34H39FN2O7. The van der Waals surface area contributed by atoms with Gasteiger partial charge in [0.2, 0.25) is 12.7 Å². The molecule has 1 fully saturated rings. The maximum Gasteiger partial charge on any atom is 0.309 e. The van der Waals surface area contributed by atoms with Crippen LogP contribution in [-0.4, -0.2) is 62.1 Å². The Labute approximate surface area is 256 Å². The zero-order chi connectivity index (χ0) is 31.2. The Kier molecular flexibility index (Phi) is 10.0. The number of nitrogens with one attached hydrogen (secondary N) is 1. The molecule has 1 saturated heterocycles. The first kappa shape index (κ1) is 31.3. The summed E-state index contributed by atoms with van der Waals surface area (Å²) >= 11 is 0. The molecule has 3 atom stereocenters. The van der Waals surface area contributed by atoms with E-state index in [-0.39, 0.29) is 25.1 Å². The number of nitrogens with zero attached hydrogens (tertiary/aromatic N) is 1. The lowest BCUT2D eigenvalue weighted by Crippen LogP contribution is -2.35. The highest BCUT2D eigenvalue weighted by Gasteiger charge is 2.48. The predicted octanol–water partition coefficient (Wildman–Crippen LogP) is 5.57. The van der Waals surface area contributed by atoms with E-state index in [1.807, 2.05) is 55.1 Å². The van der Waals surface area contributed by atoms with Gasteiger partial charge in [-0.15, -0.1) is 0 Å². The van der Waals surface area contributed by atoms with Crippen molar-refractivity contribution >= 4 is 17.6 Å². The molecule has 0 spiro atoms. The molecule has 3 aromatic rings. The molecule has 0 saturated carbocycles. The second-order valence-electron chi connectivity index (χ2n) is 11.1. The largest absolute Gasteiger partial charge is 0.494 e. The SMILES string of the molecule is CCc1cc(F)cc(CC)c1NC(=O)CN1C[C@H](c2ccc3c(c2)OCO3)C(C(=O)O)[C@@H]1c1ccc(OCCCOC)cc1. The zero-order valence-electron chi connectivity index (χ0n) is 25.3. The quantitative estimate of drug-likeness (QED) is 0.243. The van der Waals surface area contributed by atoms with Crippen molar-refractivity contribution in [3.63, 3.8) is 0 Å². The fourth-order valence-corrected chi connectivity index (χ4v) is 6.23. The third kappa shape index (κ3) is 6.81. The summed E-state index contributed by atoms with van der Waals surface area (Å²) in [6, 6.07) is 15.2. The van der Waals surface area contributed by atoms with Gasteiger partial charge in [0.25, 0.3) is 0 Å². The monoisotopic (exact) mass is 606 g/mol. The zero-order valence-corrected chi connectivity index (χ0v) is 25.3. The van der Waals surface area contributed by atoms with Crippen LogP contribution in [-0.2, 0) is 27.2 Å². The number of hydrogen-bond acceptors (Lipinski definition) is 7. The maximum atomic E-state index is 14.2. The molecule has 1 amide bonds. The molecule has 3 aromatic carbocycles. The molecule has 0 aliphatic carbocycles. The van der Waals surface area contributed by atoms with E-state index < -0.39 is 23.8 Å². The standard InChI is InChI=1S/C34H39FN2O7/c1-4-21-15-25(35)16-22(5-2)32(21)36-30(38)19-37-18-27(24-9-12-28-29(17-24)44-20-43-28)31(34(39)40)33(37)23-7-10-26(11-8-23)42-14-6-13-41-3/h7-12,15-17,27,31,33H,4-6,13-14,18-20H2,1-3H3,(H,36,38)(H,39,40)/t27-,31?,33+/m1/s1. The van der Waals surface area contributed by atoms with Crippen LogP contribution in [0.3, 0.4) is 0 Å². The van der Waals surface area contributed by atoms with E-state index in [0.29, 0.717) is 55.5 Å². The van der Waals surface area contributed by atoms with Crippen molar-refractivity contribution in [1.82, 2.24) is 4.90 Å². The minimum Gasteiger partial charge on any atom is -0.494 e. The van der Waals surface area contributed by atoms with Gasteiger partial charge in [-0.05, 0) is 71.5 Å². The van der Waals surface area contributed by atoms with Gasteiger partial charge in [-0.2, -0.15) is 0 Å². The number of anilines is 1. The van der Waals surface area contributed by atoms with E-state index >= 15 is 0 Å². The number of carbonyl (C=O) groups is 2. The molecule has 2 N–H and O–H groups in total. The molecule has 5 rings (SSSR count). The topological polar surface area (TPSA) is 107 Å². The molecule has 9 nitrogen and oxygen atoms in total. The number of aryl methyl sites for hydroxylation is 2. The first-order chi connectivity index (χ1) is 21.3. The summed E-state index contributed by atoms with van der Waals surface area (Å²) < 4.78 is 36.2. The van der Waals surface area contributed by atoms with Crippen molar-refractivity contribution in [3.8, 4) is 17.2 Å². The molecule has 44 heavy (non-hydrogen) atoms. The van der Waals surface area contributed by atoms with Gasteiger partial charge in [-0.3, -0.25) is 14.5 Å². The van der Waals surface area contributed by atoms with Gasteiger partial charge in [-0.25, -0.2) is 4.39 Å². The summed E-state index contributed by atoms with van der Waals surface area (Å²) in [4.78, 5) is 28.5. The normalized spacial score (nSPS) is 19.2. The summed E-state index contributed by atoms with van der Waals surface area (Å²) in [5.74, 6) is -0.997. The van der Waals surface area contributed by atoms with Gasteiger partial charge < -0.3 is 29.4 Å². The number of fused-ring (bicyclic) bond motifs is 1. The molecule has 10 heteroatoms. The Bertz CT molecular complexity index is 1450. The number of rotatable bonds is 13. The number of benzene rings is 3. The first-order valence-corrected chi connectivity index (χ1v) is 15.0. The van der Waals surface area contributed by atoms with E-state index in [1.165, 1.54) is 12.1 Å². The van der Waals surface area contributed by atoms with E-state index in [1.54, 1.807) is 13.2 Å². The van der Waals surface area contributed by atoms with Crippen molar-refractivity contribution in [3.05, 3.63) is 82.7 Å². The van der Waals surface area contributed by atoms with Crippen LogP contribution in [0.15, 0.2) is 54.6 Å². The number of ether oxygens (including phenoxy) is 4. The summed E-state index contributed by atoms with van der Waals surface area (Å²) in [5, 5.41) is 13.6. The fourth-order valence-electron chi connectivity index (χ4n) is 6.23. The van der Waals surface area contributed by atoms with Crippen LogP contribution in [0.25, 0.3) is 0 Å². The summed E-state index contributed by atoms with van der Waals surface area (Å²) in [6.45, 7) is 5.32. The maximum absolute atomic E-state index is 14.2. The Hall–Kier alpha value is -4.15. The molecule has 0 radical (unpaired) electrons. The highest BCUT2D eigenvalue weighted by molar-refractivity contribution is 5.94. The molecular weight excluding hydrogens is 567 g/mol. The predicted molar refractivity (Wildman–Crippen MR) is 163 cm³/mol. The molecule has 0 bridgehead atoms. The highest BCUT2D eigenvalue weighted by atomic mass is 19.1. The lowest BCUT2D eigenvalue weighted by Gasteiger charge is -2.27. The van der Waals surface area contributed by atoms with Crippen molar-refractivity contribution in [2.75, 3.05) is 45.5 Å². The van der Waals surface area contributed by atoms with Crippen LogP contribution in [0.5, 0.6) is 17.2 Å². The third-order valence-corrected chi connectivity index (χ3v) is 8.33. The van der Waals surface area contributed by atoms with E-state index in [0.717, 1.165) is 28.7 Å². The van der Waals surface area contributed by atoms with Crippen LogP contribution >= 0.6 is 0 Å². The van der Waals surface area contributed by atoms with Gasteiger partial charge >= 0.3 is 5.97 Å². The number of halogens is 1. The van der Waals surface area contributed by atoms with Crippen LogP contribution < -0.4 is 19.5 Å². The molecule has 2 heterocycles. The van der Waals surface area contributed by atoms with Crippen LogP contribution in [0.2, 0.25) is 0 Å².